The zero-order valence-corrected chi connectivity index (χ0v) is 7.97. The molecule has 0 atom stereocenters. The van der Waals surface area contributed by atoms with Crippen molar-refractivity contribution in [3.63, 3.8) is 0 Å². The minimum atomic E-state index is -4.67. The van der Waals surface area contributed by atoms with Gasteiger partial charge in [-0.05, 0) is 0 Å². The van der Waals surface area contributed by atoms with Crippen molar-refractivity contribution in [2.45, 2.75) is 0 Å². The van der Waals surface area contributed by atoms with E-state index in [0.29, 0.717) is 0 Å². The average Bonchev–Trinajstić information content (AvgIpc) is 1.54. The summed E-state index contributed by atoms with van der Waals surface area (Å²) in [5.74, 6) is 0.0903. The van der Waals surface area contributed by atoms with Crippen LogP contribution in [0, 0.1) is 0 Å². The predicted molar refractivity (Wildman–Crippen MR) is 42.9 cm³/mol. The Hall–Kier alpha value is -0.220. The van der Waals surface area contributed by atoms with E-state index in [1.165, 1.54) is 6.26 Å². The van der Waals surface area contributed by atoms with Gasteiger partial charge >= 0.3 is 10.4 Å². The lowest BCUT2D eigenvalue weighted by Gasteiger charge is -1.87. The molecule has 0 aliphatic heterocycles. The highest BCUT2D eigenvalue weighted by Crippen LogP contribution is 1.75. The van der Waals surface area contributed by atoms with Crippen LogP contribution in [0.15, 0.2) is 0 Å². The van der Waals surface area contributed by atoms with Crippen LogP contribution in [0.1, 0.15) is 0 Å². The summed E-state index contributed by atoms with van der Waals surface area (Å²) in [4.78, 5) is 0. The molecule has 4 N–H and O–H groups in total. The van der Waals surface area contributed by atoms with Crippen molar-refractivity contribution in [3.05, 3.63) is 0 Å². The Morgan fingerprint density at radius 3 is 1.42 bits per heavy atom. The monoisotopic (exact) mass is 221 g/mol. The summed E-state index contributed by atoms with van der Waals surface area (Å²) in [7, 11) is -7.47. The second-order valence-electron chi connectivity index (χ2n) is 1.87. The molecule has 7 nitrogen and oxygen atoms in total. The van der Waals surface area contributed by atoms with Gasteiger partial charge in [0.05, 0.1) is 5.75 Å². The van der Waals surface area contributed by atoms with Gasteiger partial charge in [-0.15, -0.1) is 0 Å². The molecule has 0 aromatic rings. The van der Waals surface area contributed by atoms with Crippen molar-refractivity contribution in [2.75, 3.05) is 18.6 Å². The summed E-state index contributed by atoms with van der Waals surface area (Å²) in [5, 5.41) is 0. The summed E-state index contributed by atoms with van der Waals surface area (Å²) in [6, 6.07) is 0. The van der Waals surface area contributed by atoms with Gasteiger partial charge in [0.2, 0.25) is 0 Å². The van der Waals surface area contributed by atoms with E-state index in [9.17, 15) is 8.42 Å². The van der Waals surface area contributed by atoms with Crippen molar-refractivity contribution < 1.29 is 25.9 Å². The highest BCUT2D eigenvalue weighted by atomic mass is 32.3. The fourth-order valence-corrected chi connectivity index (χ4v) is 0.642. The quantitative estimate of drug-likeness (QED) is 0.475. The first-order valence-corrected chi connectivity index (χ1v) is 6.09. The molecule has 0 rings (SSSR count). The van der Waals surface area contributed by atoms with Crippen LogP contribution in [0.25, 0.3) is 0 Å². The fraction of sp³-hybridized carbons (Fsp3) is 1.00. The van der Waals surface area contributed by atoms with Gasteiger partial charge in [0.1, 0.15) is 9.84 Å². The second kappa shape index (κ2) is 5.43. The fourth-order valence-electron chi connectivity index (χ4n) is 0.214. The van der Waals surface area contributed by atoms with Gasteiger partial charge in [-0.1, -0.05) is 0 Å². The maximum atomic E-state index is 10.2. The summed E-state index contributed by atoms with van der Waals surface area (Å²) in [5.41, 5.74) is 4.94. The normalized spacial score (nSPS) is 11.7. The highest BCUT2D eigenvalue weighted by Gasteiger charge is 1.95. The molecule has 0 saturated heterocycles. The van der Waals surface area contributed by atoms with Crippen LogP contribution < -0.4 is 5.73 Å². The SMILES string of the molecule is CS(=O)(=O)CCN.O=S(=O)(O)O. The Kier molecular flexibility index (Phi) is 6.48. The van der Waals surface area contributed by atoms with Gasteiger partial charge in [0, 0.05) is 12.8 Å². The Bertz CT molecular complexity index is 281. The van der Waals surface area contributed by atoms with E-state index in [0.717, 1.165) is 0 Å². The number of rotatable bonds is 2. The first-order valence-electron chi connectivity index (χ1n) is 2.64. The zero-order valence-electron chi connectivity index (χ0n) is 6.34. The van der Waals surface area contributed by atoms with E-state index in [1.807, 2.05) is 0 Å². The third-order valence-corrected chi connectivity index (χ3v) is 1.47. The summed E-state index contributed by atoms with van der Waals surface area (Å²) < 4.78 is 51.9. The maximum absolute atomic E-state index is 10.2. The molecule has 0 radical (unpaired) electrons. The molecule has 0 saturated carbocycles. The van der Waals surface area contributed by atoms with Crippen molar-refractivity contribution in [3.8, 4) is 0 Å². The molecule has 0 amide bonds. The van der Waals surface area contributed by atoms with Crippen LogP contribution in [0.4, 0.5) is 0 Å². The molecule has 0 aromatic carbocycles. The number of hydrogen-bond donors (Lipinski definition) is 3. The van der Waals surface area contributed by atoms with Gasteiger partial charge in [-0.25, -0.2) is 8.42 Å². The molecular formula is C3H11NO6S2. The third kappa shape index (κ3) is 52.8. The third-order valence-electron chi connectivity index (χ3n) is 0.489. The van der Waals surface area contributed by atoms with Crippen molar-refractivity contribution in [1.82, 2.24) is 0 Å². The van der Waals surface area contributed by atoms with E-state index in [1.54, 1.807) is 0 Å². The largest absolute Gasteiger partial charge is 0.394 e. The smallest absolute Gasteiger partial charge is 0.329 e. The van der Waals surface area contributed by atoms with E-state index >= 15 is 0 Å². The lowest BCUT2D eigenvalue weighted by Crippen LogP contribution is -2.13. The van der Waals surface area contributed by atoms with E-state index in [2.05, 4.69) is 0 Å². The summed E-state index contributed by atoms with van der Waals surface area (Å²) >= 11 is 0. The van der Waals surface area contributed by atoms with Crippen LogP contribution in [0.3, 0.4) is 0 Å². The van der Waals surface area contributed by atoms with Crippen LogP contribution in [-0.2, 0) is 20.2 Å². The standard InChI is InChI=1S/C3H9NO2S.H2O4S/c1-7(5,6)3-2-4;1-5(2,3)4/h2-4H2,1H3;(H2,1,2,3,4). The van der Waals surface area contributed by atoms with Crippen molar-refractivity contribution >= 4 is 20.2 Å². The number of nitrogens with two attached hydrogens (primary N) is 1. The van der Waals surface area contributed by atoms with Gasteiger partial charge in [-0.2, -0.15) is 8.42 Å². The number of hydrogen-bond acceptors (Lipinski definition) is 5. The summed E-state index contributed by atoms with van der Waals surface area (Å²) in [6.45, 7) is 0.221. The molecule has 0 aliphatic carbocycles. The lowest BCUT2D eigenvalue weighted by molar-refractivity contribution is 0.381. The molecule has 0 bridgehead atoms. The van der Waals surface area contributed by atoms with Gasteiger partial charge < -0.3 is 5.73 Å². The van der Waals surface area contributed by atoms with E-state index in [4.69, 9.17) is 23.3 Å². The molecule has 0 spiro atoms. The van der Waals surface area contributed by atoms with Crippen LogP contribution >= 0.6 is 0 Å². The predicted octanol–water partition coefficient (Wildman–Crippen LogP) is -1.66. The molecule has 0 aliphatic rings. The lowest BCUT2D eigenvalue weighted by atomic mass is 10.8. The Morgan fingerprint density at radius 2 is 1.42 bits per heavy atom. The summed E-state index contributed by atoms with van der Waals surface area (Å²) in [6.07, 6.45) is 1.17. The van der Waals surface area contributed by atoms with Crippen LogP contribution in [0.5, 0.6) is 0 Å². The highest BCUT2D eigenvalue weighted by molar-refractivity contribution is 7.90. The van der Waals surface area contributed by atoms with E-state index < -0.39 is 20.2 Å². The van der Waals surface area contributed by atoms with E-state index in [-0.39, 0.29) is 12.3 Å². The maximum Gasteiger partial charge on any atom is 0.394 e. The molecular weight excluding hydrogens is 210 g/mol. The first-order chi connectivity index (χ1) is 5.06. The Labute approximate surface area is 71.1 Å². The van der Waals surface area contributed by atoms with Gasteiger partial charge in [-0.3, -0.25) is 9.11 Å². The molecule has 0 heterocycles. The zero-order chi connectivity index (χ0) is 10.4. The topological polar surface area (TPSA) is 135 Å². The molecule has 9 heteroatoms. The molecule has 12 heavy (non-hydrogen) atoms. The molecule has 0 unspecified atom stereocenters. The van der Waals surface area contributed by atoms with Crippen molar-refractivity contribution in [2.24, 2.45) is 5.73 Å². The Morgan fingerprint density at radius 1 is 1.17 bits per heavy atom. The van der Waals surface area contributed by atoms with Crippen molar-refractivity contribution in [1.29, 1.82) is 0 Å². The van der Waals surface area contributed by atoms with Crippen LogP contribution in [-0.4, -0.2) is 44.5 Å². The molecule has 0 fully saturated rings. The minimum absolute atomic E-state index is 0.0903. The van der Waals surface area contributed by atoms with Gasteiger partial charge in [0.25, 0.3) is 0 Å². The number of sulfone groups is 1. The van der Waals surface area contributed by atoms with Crippen LogP contribution in [0.2, 0.25) is 0 Å². The average molecular weight is 221 g/mol. The Balaban J connectivity index is 0. The van der Waals surface area contributed by atoms with Gasteiger partial charge in [0.15, 0.2) is 0 Å². The first kappa shape index (κ1) is 14.3. The molecule has 76 valence electrons. The molecule has 0 aromatic heterocycles. The minimum Gasteiger partial charge on any atom is -0.329 e. The second-order valence-corrected chi connectivity index (χ2v) is 5.02.